The zero-order valence-corrected chi connectivity index (χ0v) is 11.8. The summed E-state index contributed by atoms with van der Waals surface area (Å²) in [5, 5.41) is 15.9. The van der Waals surface area contributed by atoms with Crippen LogP contribution in [0.15, 0.2) is 16.9 Å². The van der Waals surface area contributed by atoms with Gasteiger partial charge >= 0.3 is 0 Å². The molecule has 1 heterocycles. The molecule has 2 N–H and O–H groups in total. The highest BCUT2D eigenvalue weighted by atomic mass is 16.3. The molecule has 106 valence electrons. The molecular weight excluding hydrogens is 246 g/mol. The number of aromatic nitrogens is 2. The monoisotopic (exact) mass is 267 g/mol. The van der Waals surface area contributed by atoms with Crippen LogP contribution in [0.5, 0.6) is 0 Å². The third-order valence-corrected chi connectivity index (χ3v) is 2.61. The first-order chi connectivity index (χ1) is 8.73. The lowest BCUT2D eigenvalue weighted by atomic mass is 9.88. The minimum absolute atomic E-state index is 0.00233. The van der Waals surface area contributed by atoms with Crippen LogP contribution in [0.1, 0.15) is 37.7 Å². The number of aryl methyl sites for hydroxylation is 1. The van der Waals surface area contributed by atoms with Gasteiger partial charge < -0.3 is 10.4 Å². The average Bonchev–Trinajstić information content (AvgIpc) is 2.29. The van der Waals surface area contributed by atoms with E-state index in [-0.39, 0.29) is 35.2 Å². The molecule has 6 heteroatoms. The summed E-state index contributed by atoms with van der Waals surface area (Å²) < 4.78 is 1.10. The Morgan fingerprint density at radius 1 is 1.47 bits per heavy atom. The Hall–Kier alpha value is -1.69. The first-order valence-corrected chi connectivity index (χ1v) is 6.19. The number of aliphatic hydroxyl groups excluding tert-OH is 1. The van der Waals surface area contributed by atoms with Crippen molar-refractivity contribution < 1.29 is 9.90 Å². The van der Waals surface area contributed by atoms with Gasteiger partial charge in [0.1, 0.15) is 5.69 Å². The van der Waals surface area contributed by atoms with Gasteiger partial charge in [0.25, 0.3) is 11.5 Å². The summed E-state index contributed by atoms with van der Waals surface area (Å²) in [5.74, 6) is -0.390. The molecule has 0 radical (unpaired) electrons. The summed E-state index contributed by atoms with van der Waals surface area (Å²) in [5.41, 5.74) is -0.114. The zero-order valence-electron chi connectivity index (χ0n) is 11.8. The van der Waals surface area contributed by atoms with Crippen LogP contribution in [0.25, 0.3) is 0 Å². The Labute approximate surface area is 112 Å². The number of carbonyl (C=O) groups excluding carboxylic acids is 1. The van der Waals surface area contributed by atoms with Crippen molar-refractivity contribution in [1.29, 1.82) is 0 Å². The fraction of sp³-hybridized carbons (Fsp3) is 0.615. The first kappa shape index (κ1) is 15.4. The van der Waals surface area contributed by atoms with Gasteiger partial charge in [-0.1, -0.05) is 20.8 Å². The molecule has 0 saturated heterocycles. The van der Waals surface area contributed by atoms with E-state index in [0.717, 1.165) is 4.68 Å². The van der Waals surface area contributed by atoms with Gasteiger partial charge in [0, 0.05) is 13.1 Å². The van der Waals surface area contributed by atoms with E-state index < -0.39 is 0 Å². The van der Waals surface area contributed by atoms with E-state index in [2.05, 4.69) is 10.4 Å². The van der Waals surface area contributed by atoms with E-state index in [1.165, 1.54) is 19.2 Å². The van der Waals surface area contributed by atoms with E-state index in [9.17, 15) is 14.7 Å². The largest absolute Gasteiger partial charge is 0.394 e. The predicted octanol–water partition coefficient (Wildman–Crippen LogP) is 0.307. The molecule has 1 aromatic rings. The van der Waals surface area contributed by atoms with Crippen molar-refractivity contribution in [2.24, 2.45) is 12.5 Å². The van der Waals surface area contributed by atoms with Crippen molar-refractivity contribution in [2.45, 2.75) is 33.2 Å². The molecule has 0 aliphatic rings. The predicted molar refractivity (Wildman–Crippen MR) is 71.9 cm³/mol. The Bertz CT molecular complexity index is 503. The first-order valence-electron chi connectivity index (χ1n) is 6.19. The molecule has 0 aliphatic heterocycles. The number of amides is 1. The third-order valence-electron chi connectivity index (χ3n) is 2.61. The van der Waals surface area contributed by atoms with Crippen LogP contribution in [0.4, 0.5) is 0 Å². The minimum Gasteiger partial charge on any atom is -0.394 e. The molecule has 0 aliphatic carbocycles. The minimum atomic E-state index is -0.390. The van der Waals surface area contributed by atoms with Crippen molar-refractivity contribution in [2.75, 3.05) is 6.61 Å². The van der Waals surface area contributed by atoms with Gasteiger partial charge in [-0.3, -0.25) is 9.59 Å². The van der Waals surface area contributed by atoms with Gasteiger partial charge in [-0.15, -0.1) is 0 Å². The van der Waals surface area contributed by atoms with E-state index in [1.54, 1.807) is 0 Å². The number of hydrogen-bond acceptors (Lipinski definition) is 4. The Kier molecular flexibility index (Phi) is 4.83. The maximum atomic E-state index is 12.0. The number of rotatable bonds is 4. The number of nitrogens with zero attached hydrogens (tertiary/aromatic N) is 2. The van der Waals surface area contributed by atoms with Crippen LogP contribution >= 0.6 is 0 Å². The maximum absolute atomic E-state index is 12.0. The summed E-state index contributed by atoms with van der Waals surface area (Å²) >= 11 is 0. The molecule has 1 rings (SSSR count). The number of hydrogen-bond donors (Lipinski definition) is 2. The lowest BCUT2D eigenvalue weighted by molar-refractivity contribution is 0.0890. The van der Waals surface area contributed by atoms with Crippen LogP contribution in [0.3, 0.4) is 0 Å². The van der Waals surface area contributed by atoms with Gasteiger partial charge in [0.15, 0.2) is 0 Å². The van der Waals surface area contributed by atoms with Gasteiger partial charge in [0.2, 0.25) is 0 Å². The highest BCUT2D eigenvalue weighted by molar-refractivity contribution is 5.92. The molecule has 0 spiro atoms. The second-order valence-electron chi connectivity index (χ2n) is 5.80. The summed E-state index contributed by atoms with van der Waals surface area (Å²) in [6.45, 7) is 5.97. The van der Waals surface area contributed by atoms with Gasteiger partial charge in [-0.2, -0.15) is 5.10 Å². The van der Waals surface area contributed by atoms with Crippen LogP contribution < -0.4 is 10.9 Å². The van der Waals surface area contributed by atoms with E-state index in [4.69, 9.17) is 0 Å². The molecule has 6 nitrogen and oxygen atoms in total. The lowest BCUT2D eigenvalue weighted by Crippen LogP contribution is -2.41. The smallest absolute Gasteiger partial charge is 0.272 e. The van der Waals surface area contributed by atoms with E-state index in [0.29, 0.717) is 6.42 Å². The molecule has 1 aromatic heterocycles. The molecule has 1 amide bonds. The van der Waals surface area contributed by atoms with Crippen LogP contribution in [-0.4, -0.2) is 33.4 Å². The van der Waals surface area contributed by atoms with Crippen LogP contribution in [0.2, 0.25) is 0 Å². The highest BCUT2D eigenvalue weighted by Gasteiger charge is 2.21. The summed E-state index contributed by atoms with van der Waals surface area (Å²) in [7, 11) is 1.48. The Balaban J connectivity index is 2.77. The van der Waals surface area contributed by atoms with Crippen LogP contribution in [-0.2, 0) is 7.05 Å². The zero-order chi connectivity index (χ0) is 14.6. The second kappa shape index (κ2) is 5.97. The summed E-state index contributed by atoms with van der Waals surface area (Å²) in [6.07, 6.45) is 0.654. The molecule has 1 unspecified atom stereocenters. The lowest BCUT2D eigenvalue weighted by Gasteiger charge is -2.25. The standard InChI is InChI=1S/C13H21N3O3/c1-13(2,3)7-9(8-17)14-12(19)10-5-6-11(18)16(4)15-10/h5-6,9,17H,7-8H2,1-4H3,(H,14,19). The van der Waals surface area contributed by atoms with Crippen LogP contribution in [0, 0.1) is 5.41 Å². The fourth-order valence-corrected chi connectivity index (χ4v) is 1.78. The Morgan fingerprint density at radius 2 is 2.11 bits per heavy atom. The average molecular weight is 267 g/mol. The van der Waals surface area contributed by atoms with Gasteiger partial charge in [-0.25, -0.2) is 4.68 Å². The summed E-state index contributed by atoms with van der Waals surface area (Å²) in [6, 6.07) is 2.34. The van der Waals surface area contributed by atoms with E-state index >= 15 is 0 Å². The van der Waals surface area contributed by atoms with Crippen molar-refractivity contribution in [3.63, 3.8) is 0 Å². The van der Waals surface area contributed by atoms with Crippen molar-refractivity contribution >= 4 is 5.91 Å². The molecule has 0 fully saturated rings. The fourth-order valence-electron chi connectivity index (χ4n) is 1.78. The summed E-state index contributed by atoms with van der Waals surface area (Å²) in [4.78, 5) is 23.2. The number of carbonyl (C=O) groups is 1. The number of nitrogens with one attached hydrogen (secondary N) is 1. The quantitative estimate of drug-likeness (QED) is 0.822. The Morgan fingerprint density at radius 3 is 2.58 bits per heavy atom. The third kappa shape index (κ3) is 4.82. The second-order valence-corrected chi connectivity index (χ2v) is 5.80. The maximum Gasteiger partial charge on any atom is 0.272 e. The molecule has 0 aromatic carbocycles. The van der Waals surface area contributed by atoms with Crippen molar-refractivity contribution in [3.05, 3.63) is 28.2 Å². The molecular formula is C13H21N3O3. The SMILES string of the molecule is Cn1nc(C(=O)NC(CO)CC(C)(C)C)ccc1=O. The topological polar surface area (TPSA) is 84.2 Å². The van der Waals surface area contributed by atoms with Gasteiger partial charge in [-0.05, 0) is 17.9 Å². The molecule has 19 heavy (non-hydrogen) atoms. The highest BCUT2D eigenvalue weighted by Crippen LogP contribution is 2.20. The van der Waals surface area contributed by atoms with Crippen molar-refractivity contribution in [3.8, 4) is 0 Å². The molecule has 1 atom stereocenters. The molecule has 0 saturated carbocycles. The normalized spacial score (nSPS) is 13.1. The number of aliphatic hydroxyl groups is 1. The van der Waals surface area contributed by atoms with Crippen molar-refractivity contribution in [1.82, 2.24) is 15.1 Å². The van der Waals surface area contributed by atoms with E-state index in [1.807, 2.05) is 20.8 Å². The molecule has 0 bridgehead atoms. The van der Waals surface area contributed by atoms with Gasteiger partial charge in [0.05, 0.1) is 12.6 Å².